The fourth-order valence-electron chi connectivity index (χ4n) is 2.66. The van der Waals surface area contributed by atoms with E-state index >= 15 is 0 Å². The van der Waals surface area contributed by atoms with E-state index < -0.39 is 0 Å². The Labute approximate surface area is 123 Å². The Hall–Kier alpha value is -2.74. The molecular formula is C19H14N2. The molecule has 21 heavy (non-hydrogen) atoms. The number of hydrogen-bond acceptors (Lipinski definition) is 2. The summed E-state index contributed by atoms with van der Waals surface area (Å²) in [7, 11) is 0. The molecule has 0 aliphatic heterocycles. The van der Waals surface area contributed by atoms with Gasteiger partial charge in [-0.15, -0.1) is 10.2 Å². The van der Waals surface area contributed by atoms with Crippen molar-refractivity contribution in [1.29, 1.82) is 0 Å². The van der Waals surface area contributed by atoms with Crippen LogP contribution in [0.25, 0.3) is 32.9 Å². The molecule has 0 spiro atoms. The van der Waals surface area contributed by atoms with Gasteiger partial charge in [-0.25, -0.2) is 0 Å². The smallest absolute Gasteiger partial charge is 0.0942 e. The fraction of sp³-hybridized carbons (Fsp3) is 0.0526. The molecule has 4 aromatic rings. The first kappa shape index (κ1) is 12.0. The van der Waals surface area contributed by atoms with Gasteiger partial charge < -0.3 is 0 Å². The second-order valence-electron chi connectivity index (χ2n) is 5.32. The highest BCUT2D eigenvalue weighted by molar-refractivity contribution is 6.04. The highest BCUT2D eigenvalue weighted by atomic mass is 15.1. The van der Waals surface area contributed by atoms with Gasteiger partial charge in [-0.1, -0.05) is 60.2 Å². The molecule has 2 nitrogen and oxygen atoms in total. The zero-order chi connectivity index (χ0) is 14.2. The minimum Gasteiger partial charge on any atom is -0.150 e. The minimum absolute atomic E-state index is 0.937. The number of nitrogens with zero attached hydrogens (tertiary/aromatic N) is 2. The third-order valence-electron chi connectivity index (χ3n) is 3.84. The normalized spacial score (nSPS) is 11.1. The molecule has 0 fully saturated rings. The molecule has 0 aliphatic carbocycles. The maximum Gasteiger partial charge on any atom is 0.0942 e. The van der Waals surface area contributed by atoms with E-state index in [4.69, 9.17) is 0 Å². The summed E-state index contributed by atoms with van der Waals surface area (Å²) in [5.41, 5.74) is 5.52. The molecule has 0 saturated heterocycles. The maximum atomic E-state index is 4.36. The Morgan fingerprint density at radius 3 is 2.14 bits per heavy atom. The second kappa shape index (κ2) is 4.67. The van der Waals surface area contributed by atoms with Crippen LogP contribution in [0, 0.1) is 6.92 Å². The van der Waals surface area contributed by atoms with Crippen molar-refractivity contribution in [2.24, 2.45) is 0 Å². The van der Waals surface area contributed by atoms with Crippen LogP contribution in [0.3, 0.4) is 0 Å². The van der Waals surface area contributed by atoms with E-state index in [1.807, 2.05) is 18.2 Å². The minimum atomic E-state index is 0.937. The van der Waals surface area contributed by atoms with Crippen molar-refractivity contribution < 1.29 is 0 Å². The summed E-state index contributed by atoms with van der Waals surface area (Å²) in [6.07, 6.45) is 0. The largest absolute Gasteiger partial charge is 0.150 e. The van der Waals surface area contributed by atoms with Crippen molar-refractivity contribution in [3.05, 3.63) is 72.3 Å². The summed E-state index contributed by atoms with van der Waals surface area (Å²) in [5, 5.41) is 11.0. The van der Waals surface area contributed by atoms with E-state index in [0.29, 0.717) is 0 Å². The van der Waals surface area contributed by atoms with E-state index in [1.54, 1.807) is 0 Å². The lowest BCUT2D eigenvalue weighted by Crippen LogP contribution is -1.88. The van der Waals surface area contributed by atoms with Crippen LogP contribution in [-0.4, -0.2) is 10.2 Å². The molecule has 1 aromatic heterocycles. The predicted octanol–water partition coefficient (Wildman–Crippen LogP) is 4.76. The van der Waals surface area contributed by atoms with Gasteiger partial charge in [0.25, 0.3) is 0 Å². The molecule has 0 bridgehead atoms. The lowest BCUT2D eigenvalue weighted by Gasteiger charge is -2.06. The molecular weight excluding hydrogens is 256 g/mol. The molecule has 0 amide bonds. The Kier molecular flexibility index (Phi) is 2.68. The van der Waals surface area contributed by atoms with Crippen LogP contribution < -0.4 is 0 Å². The lowest BCUT2D eigenvalue weighted by molar-refractivity contribution is 1.12. The topological polar surface area (TPSA) is 25.8 Å². The van der Waals surface area contributed by atoms with Gasteiger partial charge in [0.1, 0.15) is 0 Å². The van der Waals surface area contributed by atoms with E-state index in [1.165, 1.54) is 16.7 Å². The van der Waals surface area contributed by atoms with Crippen molar-refractivity contribution in [3.63, 3.8) is 0 Å². The standard InChI is InChI=1S/C19H14N2/c1-13-6-8-14(9-7-13)15-10-11-17-16-4-2-3-5-18(16)20-21-19(17)12-15/h2-12H,1H3. The third kappa shape index (κ3) is 2.05. The van der Waals surface area contributed by atoms with Gasteiger partial charge in [-0.05, 0) is 30.2 Å². The van der Waals surface area contributed by atoms with Gasteiger partial charge in [-0.3, -0.25) is 0 Å². The van der Waals surface area contributed by atoms with Crippen molar-refractivity contribution >= 4 is 21.8 Å². The molecule has 0 radical (unpaired) electrons. The molecule has 1 heterocycles. The number of fused-ring (bicyclic) bond motifs is 3. The van der Waals surface area contributed by atoms with Crippen LogP contribution >= 0.6 is 0 Å². The Balaban J connectivity index is 1.94. The first-order valence-corrected chi connectivity index (χ1v) is 7.03. The van der Waals surface area contributed by atoms with Crippen LogP contribution in [0.5, 0.6) is 0 Å². The van der Waals surface area contributed by atoms with Crippen molar-refractivity contribution in [2.45, 2.75) is 6.92 Å². The molecule has 0 aliphatic rings. The average Bonchev–Trinajstić information content (AvgIpc) is 2.55. The van der Waals surface area contributed by atoms with Gasteiger partial charge >= 0.3 is 0 Å². The Morgan fingerprint density at radius 1 is 0.619 bits per heavy atom. The summed E-state index contributed by atoms with van der Waals surface area (Å²) in [6, 6.07) is 23.1. The van der Waals surface area contributed by atoms with Crippen LogP contribution in [-0.2, 0) is 0 Å². The summed E-state index contributed by atoms with van der Waals surface area (Å²) >= 11 is 0. The van der Waals surface area contributed by atoms with E-state index in [2.05, 4.69) is 65.7 Å². The zero-order valence-corrected chi connectivity index (χ0v) is 11.7. The SMILES string of the molecule is Cc1ccc(-c2ccc3c(c2)nnc2ccccc23)cc1. The summed E-state index contributed by atoms with van der Waals surface area (Å²) in [4.78, 5) is 0. The number of hydrogen-bond donors (Lipinski definition) is 0. The molecule has 0 atom stereocenters. The van der Waals surface area contributed by atoms with Crippen LogP contribution in [0.4, 0.5) is 0 Å². The highest BCUT2D eigenvalue weighted by Crippen LogP contribution is 2.27. The van der Waals surface area contributed by atoms with Crippen LogP contribution in [0.15, 0.2) is 66.7 Å². The Bertz CT molecular complexity index is 940. The Morgan fingerprint density at radius 2 is 1.29 bits per heavy atom. The average molecular weight is 270 g/mol. The number of aromatic nitrogens is 2. The van der Waals surface area contributed by atoms with E-state index in [9.17, 15) is 0 Å². The van der Waals surface area contributed by atoms with Gasteiger partial charge in [0.2, 0.25) is 0 Å². The number of benzene rings is 3. The van der Waals surface area contributed by atoms with Gasteiger partial charge in [0, 0.05) is 10.8 Å². The molecule has 2 heteroatoms. The van der Waals surface area contributed by atoms with Crippen LogP contribution in [0.2, 0.25) is 0 Å². The van der Waals surface area contributed by atoms with Gasteiger partial charge in [0.15, 0.2) is 0 Å². The van der Waals surface area contributed by atoms with Crippen molar-refractivity contribution in [3.8, 4) is 11.1 Å². The summed E-state index contributed by atoms with van der Waals surface area (Å²) in [6.45, 7) is 2.10. The molecule has 4 rings (SSSR count). The molecule has 100 valence electrons. The second-order valence-corrected chi connectivity index (χ2v) is 5.32. The van der Waals surface area contributed by atoms with E-state index in [0.717, 1.165) is 21.8 Å². The zero-order valence-electron chi connectivity index (χ0n) is 11.7. The summed E-state index contributed by atoms with van der Waals surface area (Å²) < 4.78 is 0. The first-order chi connectivity index (χ1) is 10.3. The quantitative estimate of drug-likeness (QED) is 0.466. The summed E-state index contributed by atoms with van der Waals surface area (Å²) in [5.74, 6) is 0. The molecule has 3 aromatic carbocycles. The fourth-order valence-corrected chi connectivity index (χ4v) is 2.66. The van der Waals surface area contributed by atoms with Crippen molar-refractivity contribution in [2.75, 3.05) is 0 Å². The highest BCUT2D eigenvalue weighted by Gasteiger charge is 2.05. The number of aryl methyl sites for hydroxylation is 1. The maximum absolute atomic E-state index is 4.36. The first-order valence-electron chi connectivity index (χ1n) is 7.03. The number of rotatable bonds is 1. The molecule has 0 unspecified atom stereocenters. The lowest BCUT2D eigenvalue weighted by atomic mass is 10.0. The third-order valence-corrected chi connectivity index (χ3v) is 3.84. The molecule has 0 saturated carbocycles. The van der Waals surface area contributed by atoms with Gasteiger partial charge in [0.05, 0.1) is 11.0 Å². The monoisotopic (exact) mass is 270 g/mol. The predicted molar refractivity (Wildman–Crippen MR) is 87.2 cm³/mol. The van der Waals surface area contributed by atoms with E-state index in [-0.39, 0.29) is 0 Å². The van der Waals surface area contributed by atoms with Crippen LogP contribution in [0.1, 0.15) is 5.56 Å². The van der Waals surface area contributed by atoms with Crippen molar-refractivity contribution in [1.82, 2.24) is 10.2 Å². The molecule has 0 N–H and O–H groups in total. The van der Waals surface area contributed by atoms with Gasteiger partial charge in [-0.2, -0.15) is 0 Å².